The lowest BCUT2D eigenvalue weighted by Crippen LogP contribution is -2.61. The van der Waals surface area contributed by atoms with Gasteiger partial charge in [-0.3, -0.25) is 14.5 Å². The van der Waals surface area contributed by atoms with Crippen molar-refractivity contribution in [2.75, 3.05) is 38.0 Å². The highest BCUT2D eigenvalue weighted by molar-refractivity contribution is 5.93. The summed E-state index contributed by atoms with van der Waals surface area (Å²) in [5.74, 6) is 1.80. The Morgan fingerprint density at radius 2 is 1.50 bits per heavy atom. The van der Waals surface area contributed by atoms with Crippen molar-refractivity contribution < 1.29 is 9.59 Å². The van der Waals surface area contributed by atoms with Crippen LogP contribution >= 0.6 is 0 Å². The number of rotatable bonds is 5. The molecule has 1 N–H and O–H groups in total. The maximum Gasteiger partial charge on any atom is 0.238 e. The fraction of sp³-hybridized carbons (Fsp3) is 0.548. The SMILES string of the molecule is Cc1cccc(C)c1NC(=O)CN1CCN(C(=O)C23C[C@@H]4C[C@@H](C2)CC(c2ccccc2)(C4)C3)CC1. The van der Waals surface area contributed by atoms with Gasteiger partial charge in [0.05, 0.1) is 12.0 Å². The Kier molecular flexibility index (Phi) is 5.94. The predicted octanol–water partition coefficient (Wildman–Crippen LogP) is 4.92. The van der Waals surface area contributed by atoms with Crippen LogP contribution in [0.15, 0.2) is 48.5 Å². The number of nitrogens with zero attached hydrogens (tertiary/aromatic N) is 2. The third-order valence-corrected chi connectivity index (χ3v) is 9.67. The van der Waals surface area contributed by atoms with Gasteiger partial charge in [-0.2, -0.15) is 0 Å². The second-order valence-corrected chi connectivity index (χ2v) is 12.3. The molecule has 4 aliphatic carbocycles. The first-order valence-electron chi connectivity index (χ1n) is 13.8. The second-order valence-electron chi connectivity index (χ2n) is 12.3. The van der Waals surface area contributed by atoms with Crippen LogP contribution in [0.5, 0.6) is 0 Å². The quantitative estimate of drug-likeness (QED) is 0.654. The van der Waals surface area contributed by atoms with Gasteiger partial charge in [-0.05, 0) is 86.3 Å². The molecule has 190 valence electrons. The second kappa shape index (κ2) is 9.02. The number of hydrogen-bond donors (Lipinski definition) is 1. The molecule has 4 saturated carbocycles. The Balaban J connectivity index is 1.10. The third kappa shape index (κ3) is 4.15. The topological polar surface area (TPSA) is 52.7 Å². The number of aryl methyl sites for hydroxylation is 2. The first-order valence-corrected chi connectivity index (χ1v) is 13.8. The number of nitrogens with one attached hydrogen (secondary N) is 1. The predicted molar refractivity (Wildman–Crippen MR) is 143 cm³/mol. The van der Waals surface area contributed by atoms with Gasteiger partial charge in [0.2, 0.25) is 11.8 Å². The highest BCUT2D eigenvalue weighted by atomic mass is 16.2. The molecule has 5 aliphatic rings. The highest BCUT2D eigenvalue weighted by Crippen LogP contribution is 2.66. The fourth-order valence-electron chi connectivity index (χ4n) is 8.48. The van der Waals surface area contributed by atoms with Crippen LogP contribution < -0.4 is 5.32 Å². The Morgan fingerprint density at radius 3 is 2.14 bits per heavy atom. The van der Waals surface area contributed by atoms with Crippen LogP contribution in [0.25, 0.3) is 0 Å². The fourth-order valence-corrected chi connectivity index (χ4v) is 8.48. The zero-order chi connectivity index (χ0) is 24.9. The normalized spacial score (nSPS) is 31.4. The summed E-state index contributed by atoms with van der Waals surface area (Å²) >= 11 is 0. The van der Waals surface area contributed by atoms with Crippen LogP contribution in [0.4, 0.5) is 5.69 Å². The van der Waals surface area contributed by atoms with Crippen molar-refractivity contribution in [3.63, 3.8) is 0 Å². The van der Waals surface area contributed by atoms with E-state index in [0.717, 1.165) is 62.3 Å². The van der Waals surface area contributed by atoms with Gasteiger partial charge < -0.3 is 10.2 Å². The molecule has 0 radical (unpaired) electrons. The lowest BCUT2D eigenvalue weighted by molar-refractivity contribution is -0.162. The van der Waals surface area contributed by atoms with Crippen molar-refractivity contribution in [3.05, 3.63) is 65.2 Å². The van der Waals surface area contributed by atoms with Crippen LogP contribution in [0.3, 0.4) is 0 Å². The molecule has 2 atom stereocenters. The van der Waals surface area contributed by atoms with Gasteiger partial charge in [0, 0.05) is 31.9 Å². The Bertz CT molecular complexity index is 1120. The van der Waals surface area contributed by atoms with Crippen molar-refractivity contribution in [1.82, 2.24) is 9.80 Å². The van der Waals surface area contributed by atoms with E-state index in [4.69, 9.17) is 0 Å². The van der Waals surface area contributed by atoms with E-state index in [1.54, 1.807) is 0 Å². The first-order chi connectivity index (χ1) is 17.4. The summed E-state index contributed by atoms with van der Waals surface area (Å²) in [5, 5.41) is 3.11. The molecule has 7 rings (SSSR count). The van der Waals surface area contributed by atoms with E-state index >= 15 is 0 Å². The standard InChI is InChI=1S/C31H39N3O2/c1-22-7-6-8-23(2)28(22)32-27(35)20-33-11-13-34(14-12-33)29(36)31-18-24-15-25(19-31)17-30(16-24,21-31)26-9-4-3-5-10-26/h3-10,24-25H,11-21H2,1-2H3,(H,32,35)/t24-,25-,30?,31?/m1/s1. The summed E-state index contributed by atoms with van der Waals surface area (Å²) in [6.45, 7) is 7.41. The van der Waals surface area contributed by atoms with E-state index in [1.165, 1.54) is 24.8 Å². The van der Waals surface area contributed by atoms with Gasteiger partial charge in [-0.15, -0.1) is 0 Å². The molecular weight excluding hydrogens is 446 g/mol. The number of para-hydroxylation sites is 1. The molecule has 1 aliphatic heterocycles. The maximum absolute atomic E-state index is 14.1. The van der Waals surface area contributed by atoms with Gasteiger partial charge in [0.1, 0.15) is 0 Å². The lowest BCUT2D eigenvalue weighted by Gasteiger charge is -2.62. The van der Waals surface area contributed by atoms with E-state index in [1.807, 2.05) is 32.0 Å². The number of piperazine rings is 1. The average molecular weight is 486 g/mol. The van der Waals surface area contributed by atoms with Crippen molar-refractivity contribution in [3.8, 4) is 0 Å². The lowest BCUT2D eigenvalue weighted by atomic mass is 9.42. The molecule has 5 fully saturated rings. The molecule has 2 aromatic rings. The number of anilines is 1. The summed E-state index contributed by atoms with van der Waals surface area (Å²) in [4.78, 5) is 31.2. The molecule has 0 unspecified atom stereocenters. The molecule has 2 aromatic carbocycles. The minimum atomic E-state index is -0.179. The molecule has 2 amide bonds. The number of carbonyl (C=O) groups is 2. The van der Waals surface area contributed by atoms with E-state index in [2.05, 4.69) is 45.4 Å². The molecule has 4 bridgehead atoms. The summed E-state index contributed by atoms with van der Waals surface area (Å²) < 4.78 is 0. The number of amides is 2. The molecule has 5 heteroatoms. The van der Waals surface area contributed by atoms with Crippen molar-refractivity contribution in [1.29, 1.82) is 0 Å². The van der Waals surface area contributed by atoms with Crippen LogP contribution in [0, 0.1) is 31.1 Å². The Labute approximate surface area is 215 Å². The maximum atomic E-state index is 14.1. The van der Waals surface area contributed by atoms with Crippen LogP contribution in [0.1, 0.15) is 55.2 Å². The summed E-state index contributed by atoms with van der Waals surface area (Å²) in [5.41, 5.74) is 4.56. The zero-order valence-electron chi connectivity index (χ0n) is 21.8. The van der Waals surface area contributed by atoms with E-state index in [9.17, 15) is 9.59 Å². The average Bonchev–Trinajstić information content (AvgIpc) is 2.86. The van der Waals surface area contributed by atoms with Crippen molar-refractivity contribution >= 4 is 17.5 Å². The van der Waals surface area contributed by atoms with E-state index in [0.29, 0.717) is 24.3 Å². The molecule has 36 heavy (non-hydrogen) atoms. The van der Waals surface area contributed by atoms with Crippen LogP contribution in [-0.2, 0) is 15.0 Å². The van der Waals surface area contributed by atoms with Crippen molar-refractivity contribution in [2.45, 2.75) is 57.8 Å². The molecule has 1 heterocycles. The van der Waals surface area contributed by atoms with Gasteiger partial charge in [-0.1, -0.05) is 48.5 Å². The molecule has 0 aromatic heterocycles. The molecule has 5 nitrogen and oxygen atoms in total. The summed E-state index contributed by atoms with van der Waals surface area (Å²) in [6.07, 6.45) is 7.00. The van der Waals surface area contributed by atoms with Crippen molar-refractivity contribution in [2.24, 2.45) is 17.3 Å². The molecule has 0 spiro atoms. The highest BCUT2D eigenvalue weighted by Gasteiger charge is 2.61. The molecule has 1 saturated heterocycles. The molecular formula is C31H39N3O2. The summed E-state index contributed by atoms with van der Waals surface area (Å²) in [7, 11) is 0. The minimum Gasteiger partial charge on any atom is -0.340 e. The minimum absolute atomic E-state index is 0.0260. The van der Waals surface area contributed by atoms with Gasteiger partial charge in [0.25, 0.3) is 0 Å². The van der Waals surface area contributed by atoms with E-state index in [-0.39, 0.29) is 16.7 Å². The van der Waals surface area contributed by atoms with Crippen LogP contribution in [-0.4, -0.2) is 54.3 Å². The van der Waals surface area contributed by atoms with Gasteiger partial charge in [0.15, 0.2) is 0 Å². The largest absolute Gasteiger partial charge is 0.340 e. The van der Waals surface area contributed by atoms with Gasteiger partial charge in [-0.25, -0.2) is 0 Å². The number of benzene rings is 2. The number of carbonyl (C=O) groups excluding carboxylic acids is 2. The number of hydrogen-bond acceptors (Lipinski definition) is 3. The van der Waals surface area contributed by atoms with E-state index < -0.39 is 0 Å². The zero-order valence-corrected chi connectivity index (χ0v) is 21.8. The van der Waals surface area contributed by atoms with Crippen LogP contribution in [0.2, 0.25) is 0 Å². The van der Waals surface area contributed by atoms with Gasteiger partial charge >= 0.3 is 0 Å². The first kappa shape index (κ1) is 23.7. The monoisotopic (exact) mass is 485 g/mol. The smallest absolute Gasteiger partial charge is 0.238 e. The summed E-state index contributed by atoms with van der Waals surface area (Å²) in [6, 6.07) is 17.1. The third-order valence-electron chi connectivity index (χ3n) is 9.67. The Morgan fingerprint density at radius 1 is 0.861 bits per heavy atom. The Hall–Kier alpha value is -2.66.